The minimum absolute atomic E-state index is 0.0289. The molecule has 0 amide bonds. The van der Waals surface area contributed by atoms with E-state index in [0.29, 0.717) is 17.4 Å². The Labute approximate surface area is 131 Å². The van der Waals surface area contributed by atoms with Gasteiger partial charge in [-0.15, -0.1) is 0 Å². The molecule has 22 heavy (non-hydrogen) atoms. The molecule has 0 aliphatic heterocycles. The maximum absolute atomic E-state index is 12.4. The highest BCUT2D eigenvalue weighted by Gasteiger charge is 2.18. The van der Waals surface area contributed by atoms with Crippen molar-refractivity contribution in [2.45, 2.75) is 24.7 Å². The summed E-state index contributed by atoms with van der Waals surface area (Å²) < 4.78 is 32.4. The first-order valence-corrected chi connectivity index (χ1v) is 8.38. The predicted octanol–water partition coefficient (Wildman–Crippen LogP) is 3.20. The first-order valence-electron chi connectivity index (χ1n) is 6.90. The quantitative estimate of drug-likeness (QED) is 0.829. The predicted molar refractivity (Wildman–Crippen MR) is 88.7 cm³/mol. The van der Waals surface area contributed by atoms with Gasteiger partial charge < -0.3 is 10.5 Å². The fraction of sp³-hybridized carbons (Fsp3) is 0.250. The molecule has 0 fully saturated rings. The lowest BCUT2D eigenvalue weighted by Crippen LogP contribution is -2.14. The van der Waals surface area contributed by atoms with Crippen molar-refractivity contribution in [1.82, 2.24) is 0 Å². The molecular weight excluding hydrogens is 300 g/mol. The van der Waals surface area contributed by atoms with Crippen molar-refractivity contribution < 1.29 is 13.2 Å². The molecule has 0 radical (unpaired) electrons. The lowest BCUT2D eigenvalue weighted by Gasteiger charge is -2.12. The number of hydrogen-bond acceptors (Lipinski definition) is 4. The van der Waals surface area contributed by atoms with Gasteiger partial charge in [0.2, 0.25) is 0 Å². The minimum atomic E-state index is -3.73. The molecule has 0 spiro atoms. The Balaban J connectivity index is 2.27. The van der Waals surface area contributed by atoms with Crippen molar-refractivity contribution in [3.8, 4) is 5.75 Å². The molecule has 0 heterocycles. The van der Waals surface area contributed by atoms with E-state index < -0.39 is 10.0 Å². The van der Waals surface area contributed by atoms with Crippen molar-refractivity contribution in [2.24, 2.45) is 0 Å². The van der Waals surface area contributed by atoms with E-state index in [0.717, 1.165) is 5.56 Å². The molecule has 6 heteroatoms. The van der Waals surface area contributed by atoms with Crippen LogP contribution in [0.1, 0.15) is 25.3 Å². The third-order valence-corrected chi connectivity index (χ3v) is 4.79. The van der Waals surface area contributed by atoms with E-state index in [-0.39, 0.29) is 10.6 Å². The number of hydrogen-bond donors (Lipinski definition) is 2. The summed E-state index contributed by atoms with van der Waals surface area (Å²) in [5.41, 5.74) is 7.59. The lowest BCUT2D eigenvalue weighted by atomic mass is 10.0. The Morgan fingerprint density at radius 1 is 1.09 bits per heavy atom. The highest BCUT2D eigenvalue weighted by molar-refractivity contribution is 7.92. The summed E-state index contributed by atoms with van der Waals surface area (Å²) in [6.07, 6.45) is 0. The zero-order valence-corrected chi connectivity index (χ0v) is 13.6. The number of nitrogen functional groups attached to an aromatic ring is 1. The van der Waals surface area contributed by atoms with Crippen LogP contribution in [0.5, 0.6) is 5.75 Å². The Morgan fingerprint density at radius 2 is 1.73 bits per heavy atom. The maximum atomic E-state index is 12.4. The standard InChI is InChI=1S/C16H20N2O3S/c1-11(2)12-4-6-13(7-5-12)18-22(19,20)16-9-8-14(21-3)10-15(16)17/h4-11,18H,17H2,1-3H3. The summed E-state index contributed by atoms with van der Waals surface area (Å²) in [6.45, 7) is 4.16. The number of nitrogens with two attached hydrogens (primary N) is 1. The third kappa shape index (κ3) is 3.51. The van der Waals surface area contributed by atoms with Gasteiger partial charge in [-0.1, -0.05) is 26.0 Å². The normalized spacial score (nSPS) is 11.5. The van der Waals surface area contributed by atoms with Crippen molar-refractivity contribution in [3.63, 3.8) is 0 Å². The van der Waals surface area contributed by atoms with Crippen LogP contribution in [-0.4, -0.2) is 15.5 Å². The van der Waals surface area contributed by atoms with E-state index in [1.54, 1.807) is 18.2 Å². The summed E-state index contributed by atoms with van der Waals surface area (Å²) >= 11 is 0. The van der Waals surface area contributed by atoms with Gasteiger partial charge in [0.05, 0.1) is 12.8 Å². The van der Waals surface area contributed by atoms with E-state index in [2.05, 4.69) is 18.6 Å². The van der Waals surface area contributed by atoms with Crippen LogP contribution < -0.4 is 15.2 Å². The molecule has 0 aromatic heterocycles. The Morgan fingerprint density at radius 3 is 2.23 bits per heavy atom. The summed E-state index contributed by atoms with van der Waals surface area (Å²) in [4.78, 5) is 0.0289. The molecule has 0 aliphatic rings. The van der Waals surface area contributed by atoms with Crippen LogP contribution in [0.15, 0.2) is 47.4 Å². The molecule has 0 unspecified atom stereocenters. The number of sulfonamides is 1. The van der Waals surface area contributed by atoms with Gasteiger partial charge in [-0.3, -0.25) is 4.72 Å². The topological polar surface area (TPSA) is 81.4 Å². The number of methoxy groups -OCH3 is 1. The summed E-state index contributed by atoms with van der Waals surface area (Å²) in [7, 11) is -2.24. The summed E-state index contributed by atoms with van der Waals surface area (Å²) in [5.74, 6) is 0.903. The minimum Gasteiger partial charge on any atom is -0.497 e. The molecule has 0 atom stereocenters. The van der Waals surface area contributed by atoms with Crippen LogP contribution in [-0.2, 0) is 10.0 Å². The number of benzene rings is 2. The van der Waals surface area contributed by atoms with Gasteiger partial charge >= 0.3 is 0 Å². The number of nitrogens with one attached hydrogen (secondary N) is 1. The number of anilines is 2. The molecular formula is C16H20N2O3S. The number of rotatable bonds is 5. The van der Waals surface area contributed by atoms with Gasteiger partial charge in [0.15, 0.2) is 0 Å². The second kappa shape index (κ2) is 6.27. The SMILES string of the molecule is COc1ccc(S(=O)(=O)Nc2ccc(C(C)C)cc2)c(N)c1. The molecule has 2 aromatic rings. The van der Waals surface area contributed by atoms with Crippen LogP contribution in [0.3, 0.4) is 0 Å². The summed E-state index contributed by atoms with van der Waals surface area (Å²) in [5, 5.41) is 0. The van der Waals surface area contributed by atoms with Gasteiger partial charge in [0.1, 0.15) is 10.6 Å². The number of ether oxygens (including phenoxy) is 1. The van der Waals surface area contributed by atoms with Crippen molar-refractivity contribution in [2.75, 3.05) is 17.6 Å². The van der Waals surface area contributed by atoms with Crippen LogP contribution in [0.4, 0.5) is 11.4 Å². The smallest absolute Gasteiger partial charge is 0.263 e. The van der Waals surface area contributed by atoms with E-state index in [1.807, 2.05) is 12.1 Å². The van der Waals surface area contributed by atoms with Gasteiger partial charge in [0, 0.05) is 11.8 Å². The molecule has 2 aromatic carbocycles. The fourth-order valence-electron chi connectivity index (χ4n) is 2.04. The van der Waals surface area contributed by atoms with E-state index >= 15 is 0 Å². The van der Waals surface area contributed by atoms with Gasteiger partial charge in [-0.25, -0.2) is 8.42 Å². The third-order valence-electron chi connectivity index (χ3n) is 3.34. The van der Waals surface area contributed by atoms with Gasteiger partial charge in [-0.2, -0.15) is 0 Å². The van der Waals surface area contributed by atoms with Crippen molar-refractivity contribution >= 4 is 21.4 Å². The molecule has 118 valence electrons. The molecule has 0 saturated heterocycles. The highest BCUT2D eigenvalue weighted by atomic mass is 32.2. The zero-order chi connectivity index (χ0) is 16.3. The molecule has 2 rings (SSSR count). The van der Waals surface area contributed by atoms with Gasteiger partial charge in [-0.05, 0) is 35.7 Å². The monoisotopic (exact) mass is 320 g/mol. The van der Waals surface area contributed by atoms with Crippen molar-refractivity contribution in [1.29, 1.82) is 0 Å². The van der Waals surface area contributed by atoms with E-state index in [1.165, 1.54) is 19.2 Å². The van der Waals surface area contributed by atoms with Crippen LogP contribution in [0.2, 0.25) is 0 Å². The molecule has 5 nitrogen and oxygen atoms in total. The van der Waals surface area contributed by atoms with Crippen LogP contribution >= 0.6 is 0 Å². The maximum Gasteiger partial charge on any atom is 0.263 e. The fourth-order valence-corrected chi connectivity index (χ4v) is 3.22. The molecule has 0 aliphatic carbocycles. The Bertz CT molecular complexity index is 753. The first kappa shape index (κ1) is 16.2. The van der Waals surface area contributed by atoms with E-state index in [9.17, 15) is 8.42 Å². The molecule has 3 N–H and O–H groups in total. The zero-order valence-electron chi connectivity index (χ0n) is 12.8. The van der Waals surface area contributed by atoms with Crippen LogP contribution in [0, 0.1) is 0 Å². The first-order chi connectivity index (χ1) is 10.3. The Kier molecular flexibility index (Phi) is 4.61. The second-order valence-corrected chi connectivity index (χ2v) is 6.94. The lowest BCUT2D eigenvalue weighted by molar-refractivity contribution is 0.414. The second-order valence-electron chi connectivity index (χ2n) is 5.29. The van der Waals surface area contributed by atoms with Gasteiger partial charge in [0.25, 0.3) is 10.0 Å². The summed E-state index contributed by atoms with van der Waals surface area (Å²) in [6, 6.07) is 11.8. The van der Waals surface area contributed by atoms with E-state index in [4.69, 9.17) is 10.5 Å². The molecule has 0 saturated carbocycles. The average molecular weight is 320 g/mol. The van der Waals surface area contributed by atoms with Crippen molar-refractivity contribution in [3.05, 3.63) is 48.0 Å². The largest absolute Gasteiger partial charge is 0.497 e. The molecule has 0 bridgehead atoms. The highest BCUT2D eigenvalue weighted by Crippen LogP contribution is 2.26. The average Bonchev–Trinajstić information content (AvgIpc) is 2.46. The van der Waals surface area contributed by atoms with Crippen LogP contribution in [0.25, 0.3) is 0 Å². The Hall–Kier alpha value is -2.21.